The van der Waals surface area contributed by atoms with Gasteiger partial charge < -0.3 is 15.0 Å². The van der Waals surface area contributed by atoms with Gasteiger partial charge in [0.2, 0.25) is 0 Å². The molecule has 0 atom stereocenters. The fraction of sp³-hybridized carbons (Fsp3) is 0.429. The standard InChI is InChI=1S/C14H18N2O2S/c1-10-7-11(2)9-12(8-10)15-13(17)14(19)16-3-5-18-6-4-16/h7-9H,3-6H2,1-2H3,(H,15,17). The van der Waals surface area contributed by atoms with E-state index in [4.69, 9.17) is 17.0 Å². The van der Waals surface area contributed by atoms with E-state index in [9.17, 15) is 4.79 Å². The van der Waals surface area contributed by atoms with Gasteiger partial charge in [-0.3, -0.25) is 4.79 Å². The van der Waals surface area contributed by atoms with E-state index in [2.05, 4.69) is 11.4 Å². The molecule has 0 unspecified atom stereocenters. The van der Waals surface area contributed by atoms with Gasteiger partial charge in [0, 0.05) is 18.8 Å². The maximum Gasteiger partial charge on any atom is 0.283 e. The molecule has 0 aliphatic carbocycles. The van der Waals surface area contributed by atoms with Crippen LogP contribution < -0.4 is 5.32 Å². The first-order valence-electron chi connectivity index (χ1n) is 6.32. The third-order valence-electron chi connectivity index (χ3n) is 2.97. The van der Waals surface area contributed by atoms with Gasteiger partial charge in [-0.25, -0.2) is 0 Å². The molecule has 0 radical (unpaired) electrons. The molecule has 1 saturated heterocycles. The second-order valence-electron chi connectivity index (χ2n) is 4.74. The first-order chi connectivity index (χ1) is 9.06. The molecule has 1 heterocycles. The first-order valence-corrected chi connectivity index (χ1v) is 6.73. The molecule has 1 aromatic carbocycles. The maximum absolute atomic E-state index is 12.1. The zero-order chi connectivity index (χ0) is 13.8. The highest BCUT2D eigenvalue weighted by atomic mass is 32.1. The molecule has 0 spiro atoms. The Morgan fingerprint density at radius 1 is 1.21 bits per heavy atom. The Labute approximate surface area is 118 Å². The smallest absolute Gasteiger partial charge is 0.283 e. The molecule has 0 saturated carbocycles. The number of nitrogens with one attached hydrogen (secondary N) is 1. The van der Waals surface area contributed by atoms with Crippen molar-refractivity contribution in [1.29, 1.82) is 0 Å². The monoisotopic (exact) mass is 278 g/mol. The van der Waals surface area contributed by atoms with Gasteiger partial charge in [-0.05, 0) is 37.1 Å². The van der Waals surface area contributed by atoms with Crippen molar-refractivity contribution in [3.8, 4) is 0 Å². The van der Waals surface area contributed by atoms with Crippen LogP contribution in [0, 0.1) is 13.8 Å². The van der Waals surface area contributed by atoms with E-state index < -0.39 is 0 Å². The molecule has 1 N–H and O–H groups in total. The molecule has 5 heteroatoms. The summed E-state index contributed by atoms with van der Waals surface area (Å²) in [5.74, 6) is -0.220. The lowest BCUT2D eigenvalue weighted by Gasteiger charge is -2.28. The van der Waals surface area contributed by atoms with Crippen LogP contribution in [0.1, 0.15) is 11.1 Å². The zero-order valence-corrected chi connectivity index (χ0v) is 12.0. The van der Waals surface area contributed by atoms with Crippen molar-refractivity contribution in [1.82, 2.24) is 4.90 Å². The SMILES string of the molecule is Cc1cc(C)cc(NC(=O)C(=S)N2CCOCC2)c1. The van der Waals surface area contributed by atoms with Gasteiger partial charge in [0.15, 0.2) is 4.99 Å². The highest BCUT2D eigenvalue weighted by molar-refractivity contribution is 7.82. The summed E-state index contributed by atoms with van der Waals surface area (Å²) in [6.45, 7) is 6.61. The van der Waals surface area contributed by atoms with Crippen molar-refractivity contribution in [2.24, 2.45) is 0 Å². The van der Waals surface area contributed by atoms with Crippen LogP contribution in [-0.2, 0) is 9.53 Å². The van der Waals surface area contributed by atoms with Gasteiger partial charge in [-0.2, -0.15) is 0 Å². The molecule has 2 rings (SSSR count). The van der Waals surface area contributed by atoms with Gasteiger partial charge >= 0.3 is 0 Å². The molecule has 1 aromatic rings. The summed E-state index contributed by atoms with van der Waals surface area (Å²) in [5, 5.41) is 2.86. The molecule has 102 valence electrons. The summed E-state index contributed by atoms with van der Waals surface area (Å²) in [7, 11) is 0. The number of benzene rings is 1. The quantitative estimate of drug-likeness (QED) is 0.797. The van der Waals surface area contributed by atoms with Crippen LogP contribution in [0.3, 0.4) is 0 Å². The van der Waals surface area contributed by atoms with E-state index in [0.717, 1.165) is 16.8 Å². The zero-order valence-electron chi connectivity index (χ0n) is 11.2. The number of thiocarbonyl (C=S) groups is 1. The molecule has 1 fully saturated rings. The lowest BCUT2D eigenvalue weighted by atomic mass is 10.1. The lowest BCUT2D eigenvalue weighted by Crippen LogP contribution is -2.44. The van der Waals surface area contributed by atoms with Crippen LogP contribution in [0.25, 0.3) is 0 Å². The fourth-order valence-electron chi connectivity index (χ4n) is 2.14. The second-order valence-corrected chi connectivity index (χ2v) is 5.12. The van der Waals surface area contributed by atoms with E-state index in [0.29, 0.717) is 31.3 Å². The predicted molar refractivity (Wildman–Crippen MR) is 79.5 cm³/mol. The number of carbonyl (C=O) groups excluding carboxylic acids is 1. The number of aryl methyl sites for hydroxylation is 2. The van der Waals surface area contributed by atoms with E-state index in [1.54, 1.807) is 0 Å². The van der Waals surface area contributed by atoms with Crippen LogP contribution in [0.2, 0.25) is 0 Å². The Balaban J connectivity index is 2.01. The fourth-order valence-corrected chi connectivity index (χ4v) is 2.38. The Kier molecular flexibility index (Phi) is 4.50. The minimum absolute atomic E-state index is 0.220. The van der Waals surface area contributed by atoms with Crippen LogP contribution in [0.5, 0.6) is 0 Å². The normalized spacial score (nSPS) is 15.2. The maximum atomic E-state index is 12.1. The average Bonchev–Trinajstić information content (AvgIpc) is 2.37. The van der Waals surface area contributed by atoms with Crippen LogP contribution in [-0.4, -0.2) is 42.1 Å². The van der Waals surface area contributed by atoms with Crippen molar-refractivity contribution < 1.29 is 9.53 Å². The number of nitrogens with zero attached hydrogens (tertiary/aromatic N) is 1. The van der Waals surface area contributed by atoms with Gasteiger partial charge in [-0.1, -0.05) is 18.3 Å². The van der Waals surface area contributed by atoms with Crippen molar-refractivity contribution in [3.63, 3.8) is 0 Å². The minimum Gasteiger partial charge on any atom is -0.378 e. The molecular formula is C14H18N2O2S. The molecule has 1 amide bonds. The van der Waals surface area contributed by atoms with E-state index in [1.807, 2.05) is 30.9 Å². The summed E-state index contributed by atoms with van der Waals surface area (Å²) >= 11 is 5.22. The third kappa shape index (κ3) is 3.75. The molecule has 4 nitrogen and oxygen atoms in total. The van der Waals surface area contributed by atoms with Crippen molar-refractivity contribution >= 4 is 28.8 Å². The first kappa shape index (κ1) is 14.0. The van der Waals surface area contributed by atoms with E-state index in [-0.39, 0.29) is 5.91 Å². The van der Waals surface area contributed by atoms with Gasteiger partial charge in [-0.15, -0.1) is 0 Å². The molecule has 0 bridgehead atoms. The van der Waals surface area contributed by atoms with Crippen molar-refractivity contribution in [2.45, 2.75) is 13.8 Å². The van der Waals surface area contributed by atoms with E-state index in [1.165, 1.54) is 0 Å². The number of amides is 1. The number of anilines is 1. The molecule has 1 aliphatic rings. The molecule has 19 heavy (non-hydrogen) atoms. The molecule has 0 aromatic heterocycles. The third-order valence-corrected chi connectivity index (χ3v) is 3.42. The summed E-state index contributed by atoms with van der Waals surface area (Å²) in [6, 6.07) is 5.94. The predicted octanol–water partition coefficient (Wildman–Crippen LogP) is 1.90. The molecule has 1 aliphatic heterocycles. The average molecular weight is 278 g/mol. The van der Waals surface area contributed by atoms with Crippen LogP contribution >= 0.6 is 12.2 Å². The Morgan fingerprint density at radius 3 is 2.37 bits per heavy atom. The number of carbonyl (C=O) groups is 1. The molecular weight excluding hydrogens is 260 g/mol. The van der Waals surface area contributed by atoms with Gasteiger partial charge in [0.1, 0.15) is 0 Å². The number of hydrogen-bond acceptors (Lipinski definition) is 3. The summed E-state index contributed by atoms with van der Waals surface area (Å²) in [6.07, 6.45) is 0. The van der Waals surface area contributed by atoms with Crippen LogP contribution in [0.4, 0.5) is 5.69 Å². The Bertz CT molecular complexity index is 476. The largest absolute Gasteiger partial charge is 0.378 e. The van der Waals surface area contributed by atoms with Crippen molar-refractivity contribution in [2.75, 3.05) is 31.6 Å². The van der Waals surface area contributed by atoms with Crippen LogP contribution in [0.15, 0.2) is 18.2 Å². The Hall–Kier alpha value is -1.46. The number of hydrogen-bond donors (Lipinski definition) is 1. The Morgan fingerprint density at radius 2 is 1.79 bits per heavy atom. The number of rotatable bonds is 1. The number of ether oxygens (including phenoxy) is 1. The second kappa shape index (κ2) is 6.12. The summed E-state index contributed by atoms with van der Waals surface area (Å²) in [4.78, 5) is 14.3. The van der Waals surface area contributed by atoms with Gasteiger partial charge in [0.25, 0.3) is 5.91 Å². The summed E-state index contributed by atoms with van der Waals surface area (Å²) in [5.41, 5.74) is 3.03. The van der Waals surface area contributed by atoms with Gasteiger partial charge in [0.05, 0.1) is 13.2 Å². The highest BCUT2D eigenvalue weighted by Crippen LogP contribution is 2.14. The van der Waals surface area contributed by atoms with Crippen molar-refractivity contribution in [3.05, 3.63) is 29.3 Å². The minimum atomic E-state index is -0.220. The lowest BCUT2D eigenvalue weighted by molar-refractivity contribution is -0.111. The topological polar surface area (TPSA) is 41.6 Å². The highest BCUT2D eigenvalue weighted by Gasteiger charge is 2.19. The number of morpholine rings is 1. The summed E-state index contributed by atoms with van der Waals surface area (Å²) < 4.78 is 5.25. The van der Waals surface area contributed by atoms with E-state index >= 15 is 0 Å².